The van der Waals surface area contributed by atoms with Crippen molar-refractivity contribution < 1.29 is 9.84 Å². The molecule has 4 bridgehead atoms. The zero-order chi connectivity index (χ0) is 18.4. The van der Waals surface area contributed by atoms with Gasteiger partial charge in [0.15, 0.2) is 0 Å². The highest BCUT2D eigenvalue weighted by Gasteiger charge is 2.52. The van der Waals surface area contributed by atoms with E-state index >= 15 is 0 Å². The summed E-state index contributed by atoms with van der Waals surface area (Å²) >= 11 is 0. The smallest absolute Gasteiger partial charge is 0.128 e. The molecule has 3 heteroatoms. The molecular weight excluding hydrogens is 334 g/mol. The van der Waals surface area contributed by atoms with E-state index in [1.807, 2.05) is 36.4 Å². The molecule has 0 aromatic heterocycles. The van der Waals surface area contributed by atoms with Crippen LogP contribution in [0.4, 0.5) is 0 Å². The van der Waals surface area contributed by atoms with Crippen LogP contribution < -0.4 is 4.74 Å². The molecule has 4 fully saturated rings. The monoisotopic (exact) mass is 361 g/mol. The van der Waals surface area contributed by atoms with E-state index in [1.165, 1.54) is 38.5 Å². The topological polar surface area (TPSA) is 41.8 Å². The molecule has 4 aliphatic rings. The molecule has 0 radical (unpaired) electrons. The predicted molar refractivity (Wildman–Crippen MR) is 108 cm³/mol. The van der Waals surface area contributed by atoms with Crippen molar-refractivity contribution in [2.75, 3.05) is 7.05 Å². The zero-order valence-corrected chi connectivity index (χ0v) is 15.9. The van der Waals surface area contributed by atoms with Crippen LogP contribution in [-0.2, 0) is 5.41 Å². The number of aliphatic imine (C=N–C) groups is 1. The summed E-state index contributed by atoms with van der Waals surface area (Å²) in [6.07, 6.45) is 9.56. The molecule has 0 aliphatic heterocycles. The molecule has 0 saturated heterocycles. The Kier molecular flexibility index (Phi) is 3.99. The van der Waals surface area contributed by atoms with E-state index in [0.29, 0.717) is 5.75 Å². The number of hydrogen-bond donors (Lipinski definition) is 1. The van der Waals surface area contributed by atoms with Crippen molar-refractivity contribution >= 4 is 6.21 Å². The fourth-order valence-electron chi connectivity index (χ4n) is 6.40. The number of benzene rings is 2. The van der Waals surface area contributed by atoms with Crippen LogP contribution in [0.25, 0.3) is 0 Å². The lowest BCUT2D eigenvalue weighted by molar-refractivity contribution is -0.00621. The number of aromatic hydroxyl groups is 1. The van der Waals surface area contributed by atoms with Gasteiger partial charge in [-0.2, -0.15) is 0 Å². The van der Waals surface area contributed by atoms with E-state index in [-0.39, 0.29) is 5.41 Å². The third kappa shape index (κ3) is 2.93. The lowest BCUT2D eigenvalue weighted by atomic mass is 9.48. The van der Waals surface area contributed by atoms with Crippen LogP contribution in [0.1, 0.15) is 49.7 Å². The number of nitrogens with zero attached hydrogens (tertiary/aromatic N) is 1. The van der Waals surface area contributed by atoms with Crippen LogP contribution >= 0.6 is 0 Å². The molecule has 2 aromatic carbocycles. The summed E-state index contributed by atoms with van der Waals surface area (Å²) in [6.45, 7) is 0. The standard InChI is InChI=1S/C24H27NO2/c1-25-15-19-10-21(27-20-5-3-2-4-6-20)11-22(23(19)26)24-12-16-7-17(13-24)9-18(8-16)14-24/h2-6,10-11,15-18,26H,7-9,12-14H2,1H3. The summed E-state index contributed by atoms with van der Waals surface area (Å²) < 4.78 is 6.15. The van der Waals surface area contributed by atoms with Crippen molar-refractivity contribution in [1.82, 2.24) is 0 Å². The van der Waals surface area contributed by atoms with Crippen molar-refractivity contribution in [3.8, 4) is 17.2 Å². The van der Waals surface area contributed by atoms with Gasteiger partial charge in [-0.15, -0.1) is 0 Å². The number of ether oxygens (including phenoxy) is 1. The molecule has 0 amide bonds. The first kappa shape index (κ1) is 16.9. The van der Waals surface area contributed by atoms with Gasteiger partial charge in [0, 0.05) is 24.4 Å². The molecule has 0 spiro atoms. The minimum atomic E-state index is 0.116. The normalized spacial score (nSPS) is 31.5. The molecule has 140 valence electrons. The summed E-state index contributed by atoms with van der Waals surface area (Å²) in [4.78, 5) is 4.16. The van der Waals surface area contributed by atoms with E-state index in [9.17, 15) is 5.11 Å². The first-order valence-corrected chi connectivity index (χ1v) is 10.2. The second-order valence-electron chi connectivity index (χ2n) is 8.91. The molecule has 4 saturated carbocycles. The summed E-state index contributed by atoms with van der Waals surface area (Å²) in [5.74, 6) is 4.51. The van der Waals surface area contributed by atoms with Crippen LogP contribution in [0, 0.1) is 17.8 Å². The molecule has 3 nitrogen and oxygen atoms in total. The summed E-state index contributed by atoms with van der Waals surface area (Å²) in [6, 6.07) is 13.9. The average Bonchev–Trinajstić information content (AvgIpc) is 2.64. The maximum absolute atomic E-state index is 11.1. The fourth-order valence-corrected chi connectivity index (χ4v) is 6.40. The Bertz CT molecular complexity index is 836. The van der Waals surface area contributed by atoms with Gasteiger partial charge in [0.25, 0.3) is 0 Å². The Morgan fingerprint density at radius 3 is 2.19 bits per heavy atom. The predicted octanol–water partition coefficient (Wildman–Crippen LogP) is 5.70. The van der Waals surface area contributed by atoms with E-state index in [1.54, 1.807) is 13.3 Å². The van der Waals surface area contributed by atoms with E-state index < -0.39 is 0 Å². The summed E-state index contributed by atoms with van der Waals surface area (Å²) in [5, 5.41) is 11.1. The van der Waals surface area contributed by atoms with E-state index in [2.05, 4.69) is 11.1 Å². The Balaban J connectivity index is 1.59. The lowest BCUT2D eigenvalue weighted by Gasteiger charge is -2.57. The van der Waals surface area contributed by atoms with Crippen LogP contribution in [0.5, 0.6) is 17.2 Å². The van der Waals surface area contributed by atoms with Crippen molar-refractivity contribution in [3.63, 3.8) is 0 Å². The molecule has 27 heavy (non-hydrogen) atoms. The fraction of sp³-hybridized carbons (Fsp3) is 0.458. The molecule has 0 atom stereocenters. The van der Waals surface area contributed by atoms with Crippen molar-refractivity contribution in [2.45, 2.75) is 43.9 Å². The summed E-state index contributed by atoms with van der Waals surface area (Å²) in [7, 11) is 1.74. The Morgan fingerprint density at radius 2 is 1.59 bits per heavy atom. The molecule has 0 heterocycles. The maximum atomic E-state index is 11.1. The Labute approximate surface area is 161 Å². The first-order valence-electron chi connectivity index (χ1n) is 10.2. The Morgan fingerprint density at radius 1 is 0.963 bits per heavy atom. The van der Waals surface area contributed by atoms with Crippen molar-refractivity contribution in [2.24, 2.45) is 22.7 Å². The van der Waals surface area contributed by atoms with Gasteiger partial charge in [-0.3, -0.25) is 4.99 Å². The minimum Gasteiger partial charge on any atom is -0.507 e. The number of phenols is 1. The molecule has 0 unspecified atom stereocenters. The molecular formula is C24H27NO2. The van der Waals surface area contributed by atoms with Crippen LogP contribution in [0.2, 0.25) is 0 Å². The highest BCUT2D eigenvalue weighted by molar-refractivity contribution is 5.85. The van der Waals surface area contributed by atoms with Gasteiger partial charge < -0.3 is 9.84 Å². The largest absolute Gasteiger partial charge is 0.507 e. The number of para-hydroxylation sites is 1. The number of hydrogen-bond acceptors (Lipinski definition) is 3. The van der Waals surface area contributed by atoms with Gasteiger partial charge in [0.1, 0.15) is 17.2 Å². The van der Waals surface area contributed by atoms with Crippen LogP contribution in [0.15, 0.2) is 47.5 Å². The third-order valence-electron chi connectivity index (χ3n) is 6.97. The van der Waals surface area contributed by atoms with Crippen LogP contribution in [-0.4, -0.2) is 18.4 Å². The average molecular weight is 361 g/mol. The maximum Gasteiger partial charge on any atom is 0.128 e. The van der Waals surface area contributed by atoms with Gasteiger partial charge in [-0.05, 0) is 86.0 Å². The second kappa shape index (κ2) is 6.40. The van der Waals surface area contributed by atoms with Crippen LogP contribution in [0.3, 0.4) is 0 Å². The highest BCUT2D eigenvalue weighted by Crippen LogP contribution is 2.62. The van der Waals surface area contributed by atoms with Crippen molar-refractivity contribution in [1.29, 1.82) is 0 Å². The first-order chi connectivity index (χ1) is 13.1. The Hall–Kier alpha value is -2.29. The van der Waals surface area contributed by atoms with Gasteiger partial charge >= 0.3 is 0 Å². The summed E-state index contributed by atoms with van der Waals surface area (Å²) in [5.41, 5.74) is 1.97. The number of rotatable bonds is 4. The highest BCUT2D eigenvalue weighted by atomic mass is 16.5. The third-order valence-corrected chi connectivity index (χ3v) is 6.97. The number of phenolic OH excluding ortho intramolecular Hbond substituents is 1. The molecule has 2 aromatic rings. The molecule has 4 aliphatic carbocycles. The quantitative estimate of drug-likeness (QED) is 0.710. The second-order valence-corrected chi connectivity index (χ2v) is 8.91. The minimum absolute atomic E-state index is 0.116. The van der Waals surface area contributed by atoms with E-state index in [4.69, 9.17) is 4.74 Å². The lowest BCUT2D eigenvalue weighted by Crippen LogP contribution is -2.48. The van der Waals surface area contributed by atoms with Gasteiger partial charge in [0.05, 0.1) is 0 Å². The van der Waals surface area contributed by atoms with Gasteiger partial charge in [0.2, 0.25) is 0 Å². The van der Waals surface area contributed by atoms with Gasteiger partial charge in [-0.1, -0.05) is 18.2 Å². The SMILES string of the molecule is CN=Cc1cc(Oc2ccccc2)cc(C23CC4CC(CC(C4)C2)C3)c1O. The van der Waals surface area contributed by atoms with Crippen molar-refractivity contribution in [3.05, 3.63) is 53.6 Å². The molecule has 6 rings (SSSR count). The van der Waals surface area contributed by atoms with E-state index in [0.717, 1.165) is 40.4 Å². The van der Waals surface area contributed by atoms with Gasteiger partial charge in [-0.25, -0.2) is 0 Å². The molecule has 1 N–H and O–H groups in total. The zero-order valence-electron chi connectivity index (χ0n) is 15.9.